The van der Waals surface area contributed by atoms with Gasteiger partial charge in [0.1, 0.15) is 18.5 Å². The van der Waals surface area contributed by atoms with E-state index in [2.05, 4.69) is 0 Å². The van der Waals surface area contributed by atoms with E-state index in [4.69, 9.17) is 14.6 Å². The van der Waals surface area contributed by atoms with Gasteiger partial charge in [0, 0.05) is 19.0 Å². The molecule has 0 bridgehead atoms. The van der Waals surface area contributed by atoms with E-state index in [1.165, 1.54) is 15.9 Å². The molecule has 0 aliphatic carbocycles. The van der Waals surface area contributed by atoms with Gasteiger partial charge in [0.05, 0.1) is 18.8 Å². The average molecular weight is 400 g/mol. The van der Waals surface area contributed by atoms with Crippen molar-refractivity contribution in [3.05, 3.63) is 65.5 Å². The Kier molecular flexibility index (Phi) is 5.35. The first-order chi connectivity index (χ1) is 14.0. The molecule has 2 aliphatic heterocycles. The second-order valence-corrected chi connectivity index (χ2v) is 7.15. The number of benzene rings is 2. The SMILES string of the molecule is O=C(OCc1ccccc1)N1CC(c2ccc(N3CC(CO)OC3=O)cc2F)C1. The van der Waals surface area contributed by atoms with Crippen LogP contribution in [0.2, 0.25) is 0 Å². The van der Waals surface area contributed by atoms with Crippen LogP contribution in [0.15, 0.2) is 48.5 Å². The molecule has 2 saturated heterocycles. The zero-order valence-electron chi connectivity index (χ0n) is 15.7. The molecule has 7 nitrogen and oxygen atoms in total. The van der Waals surface area contributed by atoms with Crippen LogP contribution in [0.3, 0.4) is 0 Å². The lowest BCUT2D eigenvalue weighted by molar-refractivity contribution is 0.0658. The van der Waals surface area contributed by atoms with Crippen molar-refractivity contribution < 1.29 is 28.6 Å². The molecule has 0 spiro atoms. The third-order valence-corrected chi connectivity index (χ3v) is 5.16. The Balaban J connectivity index is 1.32. The number of halogens is 1. The highest BCUT2D eigenvalue weighted by atomic mass is 19.1. The average Bonchev–Trinajstić information content (AvgIpc) is 3.08. The van der Waals surface area contributed by atoms with Crippen molar-refractivity contribution >= 4 is 17.9 Å². The van der Waals surface area contributed by atoms with Gasteiger partial charge in [-0.2, -0.15) is 0 Å². The molecule has 0 aromatic heterocycles. The molecule has 2 aliphatic rings. The molecule has 2 aromatic carbocycles. The Morgan fingerprint density at radius 2 is 1.93 bits per heavy atom. The van der Waals surface area contributed by atoms with E-state index in [-0.39, 0.29) is 25.7 Å². The van der Waals surface area contributed by atoms with Crippen LogP contribution >= 0.6 is 0 Å². The van der Waals surface area contributed by atoms with Crippen molar-refractivity contribution in [1.29, 1.82) is 0 Å². The normalized spacial score (nSPS) is 19.1. The van der Waals surface area contributed by atoms with Gasteiger partial charge in [-0.25, -0.2) is 14.0 Å². The Morgan fingerprint density at radius 3 is 2.59 bits per heavy atom. The summed E-state index contributed by atoms with van der Waals surface area (Å²) in [5.74, 6) is -0.561. The number of carbonyl (C=O) groups excluding carboxylic acids is 2. The Bertz CT molecular complexity index is 901. The molecule has 152 valence electrons. The van der Waals surface area contributed by atoms with E-state index in [1.54, 1.807) is 12.1 Å². The fourth-order valence-corrected chi connectivity index (χ4v) is 3.48. The van der Waals surface area contributed by atoms with Crippen molar-refractivity contribution in [3.63, 3.8) is 0 Å². The van der Waals surface area contributed by atoms with Gasteiger partial charge in [0.15, 0.2) is 0 Å². The number of hydrogen-bond acceptors (Lipinski definition) is 5. The minimum Gasteiger partial charge on any atom is -0.445 e. The summed E-state index contributed by atoms with van der Waals surface area (Å²) < 4.78 is 24.9. The van der Waals surface area contributed by atoms with Crippen LogP contribution in [0.25, 0.3) is 0 Å². The number of aliphatic hydroxyl groups is 1. The van der Waals surface area contributed by atoms with E-state index < -0.39 is 24.1 Å². The van der Waals surface area contributed by atoms with Crippen LogP contribution < -0.4 is 4.90 Å². The lowest BCUT2D eigenvalue weighted by Crippen LogP contribution is -2.48. The van der Waals surface area contributed by atoms with E-state index in [0.29, 0.717) is 24.3 Å². The summed E-state index contributed by atoms with van der Waals surface area (Å²) in [6.07, 6.45) is -1.63. The van der Waals surface area contributed by atoms with Crippen molar-refractivity contribution in [2.45, 2.75) is 18.6 Å². The van der Waals surface area contributed by atoms with Crippen LogP contribution in [0.4, 0.5) is 19.7 Å². The first-order valence-electron chi connectivity index (χ1n) is 9.39. The monoisotopic (exact) mass is 400 g/mol. The number of anilines is 1. The number of nitrogens with zero attached hydrogens (tertiary/aromatic N) is 2. The van der Waals surface area contributed by atoms with Crippen LogP contribution in [0.5, 0.6) is 0 Å². The molecule has 2 aromatic rings. The van der Waals surface area contributed by atoms with E-state index in [0.717, 1.165) is 5.56 Å². The molecule has 1 unspecified atom stereocenters. The highest BCUT2D eigenvalue weighted by molar-refractivity contribution is 5.89. The molecule has 2 heterocycles. The molecule has 8 heteroatoms. The number of ether oxygens (including phenoxy) is 2. The second-order valence-electron chi connectivity index (χ2n) is 7.15. The van der Waals surface area contributed by atoms with Crippen LogP contribution in [0.1, 0.15) is 17.0 Å². The first kappa shape index (κ1) is 19.2. The zero-order chi connectivity index (χ0) is 20.4. The predicted molar refractivity (Wildman–Crippen MR) is 102 cm³/mol. The minimum atomic E-state index is -0.604. The molecule has 2 fully saturated rings. The summed E-state index contributed by atoms with van der Waals surface area (Å²) in [5.41, 5.74) is 1.78. The van der Waals surface area contributed by atoms with Crippen molar-refractivity contribution in [1.82, 2.24) is 4.90 Å². The zero-order valence-corrected chi connectivity index (χ0v) is 15.7. The third kappa shape index (κ3) is 4.02. The minimum absolute atomic E-state index is 0.121. The number of carbonyl (C=O) groups is 2. The maximum absolute atomic E-state index is 14.6. The number of hydrogen-bond donors (Lipinski definition) is 1. The molecule has 0 radical (unpaired) electrons. The Hall–Kier alpha value is -3.13. The standard InChI is InChI=1S/C21H21FN2O5/c22-19-8-16(24-11-17(12-25)29-21(24)27)6-7-18(19)15-9-23(10-15)20(26)28-13-14-4-2-1-3-5-14/h1-8,15,17,25H,9-13H2. The summed E-state index contributed by atoms with van der Waals surface area (Å²) in [7, 11) is 0. The molecule has 1 N–H and O–H groups in total. The third-order valence-electron chi connectivity index (χ3n) is 5.16. The lowest BCUT2D eigenvalue weighted by atomic mass is 9.91. The van der Waals surface area contributed by atoms with Crippen molar-refractivity contribution in [3.8, 4) is 0 Å². The Labute approximate surface area is 167 Å². The fourth-order valence-electron chi connectivity index (χ4n) is 3.48. The van der Waals surface area contributed by atoms with Crippen LogP contribution in [-0.2, 0) is 16.1 Å². The van der Waals surface area contributed by atoms with Gasteiger partial charge in [-0.3, -0.25) is 4.90 Å². The molecule has 1 atom stereocenters. The fraction of sp³-hybridized carbons (Fsp3) is 0.333. The van der Waals surface area contributed by atoms with Gasteiger partial charge in [-0.05, 0) is 23.3 Å². The topological polar surface area (TPSA) is 79.3 Å². The number of cyclic esters (lactones) is 1. The number of aliphatic hydroxyl groups excluding tert-OH is 1. The van der Waals surface area contributed by atoms with Crippen LogP contribution in [0, 0.1) is 5.82 Å². The first-order valence-corrected chi connectivity index (χ1v) is 9.39. The van der Waals surface area contributed by atoms with Crippen LogP contribution in [-0.4, -0.2) is 54.5 Å². The summed E-state index contributed by atoms with van der Waals surface area (Å²) in [6, 6.07) is 14.0. The highest BCUT2D eigenvalue weighted by Gasteiger charge is 2.36. The maximum Gasteiger partial charge on any atom is 0.414 e. The number of likely N-dealkylation sites (tertiary alicyclic amines) is 1. The van der Waals surface area contributed by atoms with Gasteiger partial charge in [-0.15, -0.1) is 0 Å². The second kappa shape index (κ2) is 8.08. The lowest BCUT2D eigenvalue weighted by Gasteiger charge is -2.38. The molecule has 29 heavy (non-hydrogen) atoms. The van der Waals surface area contributed by atoms with Crippen molar-refractivity contribution in [2.24, 2.45) is 0 Å². The molecule has 0 saturated carbocycles. The molecule has 2 amide bonds. The van der Waals surface area contributed by atoms with Gasteiger partial charge < -0.3 is 19.5 Å². The number of rotatable bonds is 5. The van der Waals surface area contributed by atoms with Gasteiger partial charge >= 0.3 is 12.2 Å². The molecule has 4 rings (SSSR count). The quantitative estimate of drug-likeness (QED) is 0.835. The maximum atomic E-state index is 14.6. The van der Waals surface area contributed by atoms with Crippen molar-refractivity contribution in [2.75, 3.05) is 31.1 Å². The van der Waals surface area contributed by atoms with Gasteiger partial charge in [0.25, 0.3) is 0 Å². The summed E-state index contributed by atoms with van der Waals surface area (Å²) in [6.45, 7) is 0.856. The largest absolute Gasteiger partial charge is 0.445 e. The summed E-state index contributed by atoms with van der Waals surface area (Å²) >= 11 is 0. The Morgan fingerprint density at radius 1 is 1.17 bits per heavy atom. The van der Waals surface area contributed by atoms with Gasteiger partial charge in [0.2, 0.25) is 0 Å². The van der Waals surface area contributed by atoms with E-state index >= 15 is 0 Å². The summed E-state index contributed by atoms with van der Waals surface area (Å²) in [4.78, 5) is 26.8. The van der Waals surface area contributed by atoms with Gasteiger partial charge in [-0.1, -0.05) is 36.4 Å². The molecular weight excluding hydrogens is 379 g/mol. The number of amides is 2. The smallest absolute Gasteiger partial charge is 0.414 e. The van der Waals surface area contributed by atoms with E-state index in [1.807, 2.05) is 30.3 Å². The van der Waals surface area contributed by atoms with E-state index in [9.17, 15) is 14.0 Å². The summed E-state index contributed by atoms with van der Waals surface area (Å²) in [5, 5.41) is 9.11. The predicted octanol–water partition coefficient (Wildman–Crippen LogP) is 2.88. The molecular formula is C21H21FN2O5. The highest BCUT2D eigenvalue weighted by Crippen LogP contribution is 2.32.